The third kappa shape index (κ3) is 3.74. The van der Waals surface area contributed by atoms with E-state index in [1.165, 1.54) is 5.56 Å². The van der Waals surface area contributed by atoms with Crippen LogP contribution >= 0.6 is 11.8 Å². The molecule has 0 aliphatic rings. The molecule has 0 atom stereocenters. The number of aryl methyl sites for hydroxylation is 1. The fourth-order valence-corrected chi connectivity index (χ4v) is 2.37. The van der Waals surface area contributed by atoms with Crippen LogP contribution in [-0.4, -0.2) is 16.6 Å². The molecular formula is C14H16N2OS. The molecule has 3 nitrogen and oxygen atoms in total. The molecule has 1 aromatic heterocycles. The molecule has 0 saturated heterocycles. The van der Waals surface area contributed by atoms with Gasteiger partial charge in [0.05, 0.1) is 6.61 Å². The van der Waals surface area contributed by atoms with Gasteiger partial charge in [0.2, 0.25) is 5.88 Å². The second-order valence-corrected chi connectivity index (χ2v) is 4.78. The first-order valence-electron chi connectivity index (χ1n) is 5.93. The summed E-state index contributed by atoms with van der Waals surface area (Å²) in [5.41, 5.74) is 2.20. The smallest absolute Gasteiger partial charge is 0.217 e. The molecular weight excluding hydrogens is 244 g/mol. The molecule has 0 amide bonds. The van der Waals surface area contributed by atoms with Gasteiger partial charge in [-0.3, -0.25) is 0 Å². The summed E-state index contributed by atoms with van der Waals surface area (Å²) in [4.78, 5) is 8.77. The number of hydrogen-bond acceptors (Lipinski definition) is 4. The van der Waals surface area contributed by atoms with Crippen LogP contribution in [0.25, 0.3) is 0 Å². The van der Waals surface area contributed by atoms with Gasteiger partial charge in [0.1, 0.15) is 0 Å². The standard InChI is InChI=1S/C14H16N2OS/c1-3-17-13-9-11(2)15-14(16-13)18-10-12-7-5-4-6-8-12/h4-9H,3,10H2,1-2H3. The van der Waals surface area contributed by atoms with Gasteiger partial charge in [-0.25, -0.2) is 4.98 Å². The molecule has 0 spiro atoms. The van der Waals surface area contributed by atoms with E-state index in [1.807, 2.05) is 38.1 Å². The van der Waals surface area contributed by atoms with Crippen LogP contribution in [0.1, 0.15) is 18.2 Å². The molecule has 0 radical (unpaired) electrons. The van der Waals surface area contributed by atoms with E-state index in [9.17, 15) is 0 Å². The van der Waals surface area contributed by atoms with Crippen LogP contribution in [0.4, 0.5) is 0 Å². The predicted molar refractivity (Wildman–Crippen MR) is 73.9 cm³/mol. The Morgan fingerprint density at radius 3 is 2.67 bits per heavy atom. The average Bonchev–Trinajstić information content (AvgIpc) is 2.37. The van der Waals surface area contributed by atoms with E-state index >= 15 is 0 Å². The Kier molecular flexibility index (Phi) is 4.59. The van der Waals surface area contributed by atoms with Gasteiger partial charge in [0.15, 0.2) is 5.16 Å². The zero-order valence-corrected chi connectivity index (χ0v) is 11.4. The second-order valence-electron chi connectivity index (χ2n) is 3.84. The largest absolute Gasteiger partial charge is 0.478 e. The summed E-state index contributed by atoms with van der Waals surface area (Å²) >= 11 is 1.63. The number of hydrogen-bond donors (Lipinski definition) is 0. The van der Waals surface area contributed by atoms with Crippen LogP contribution in [0, 0.1) is 6.92 Å². The fourth-order valence-electron chi connectivity index (χ4n) is 1.52. The van der Waals surface area contributed by atoms with E-state index in [1.54, 1.807) is 11.8 Å². The van der Waals surface area contributed by atoms with E-state index in [2.05, 4.69) is 22.1 Å². The minimum absolute atomic E-state index is 0.624. The van der Waals surface area contributed by atoms with Crippen molar-refractivity contribution in [1.82, 2.24) is 9.97 Å². The molecule has 0 fully saturated rings. The molecule has 1 heterocycles. The minimum atomic E-state index is 0.624. The molecule has 0 aliphatic heterocycles. The monoisotopic (exact) mass is 260 g/mol. The van der Waals surface area contributed by atoms with Gasteiger partial charge < -0.3 is 4.74 Å². The SMILES string of the molecule is CCOc1cc(C)nc(SCc2ccccc2)n1. The Labute approximate surface area is 112 Å². The zero-order valence-electron chi connectivity index (χ0n) is 10.6. The van der Waals surface area contributed by atoms with Gasteiger partial charge in [-0.15, -0.1) is 0 Å². The molecule has 0 unspecified atom stereocenters. The van der Waals surface area contributed by atoms with Gasteiger partial charge in [-0.1, -0.05) is 42.1 Å². The number of benzene rings is 1. The lowest BCUT2D eigenvalue weighted by atomic mass is 10.2. The zero-order chi connectivity index (χ0) is 12.8. The molecule has 0 bridgehead atoms. The number of rotatable bonds is 5. The number of aromatic nitrogens is 2. The summed E-state index contributed by atoms with van der Waals surface area (Å²) in [5, 5.41) is 0.766. The summed E-state index contributed by atoms with van der Waals surface area (Å²) in [6.07, 6.45) is 0. The quantitative estimate of drug-likeness (QED) is 0.609. The number of ether oxygens (including phenoxy) is 1. The normalized spacial score (nSPS) is 10.3. The second kappa shape index (κ2) is 6.40. The third-order valence-electron chi connectivity index (χ3n) is 2.31. The van der Waals surface area contributed by atoms with Gasteiger partial charge in [0.25, 0.3) is 0 Å². The maximum Gasteiger partial charge on any atom is 0.217 e. The Balaban J connectivity index is 2.05. The van der Waals surface area contributed by atoms with Crippen LogP contribution in [0.3, 0.4) is 0 Å². The lowest BCUT2D eigenvalue weighted by Crippen LogP contribution is -1.98. The van der Waals surface area contributed by atoms with E-state index in [-0.39, 0.29) is 0 Å². The van der Waals surface area contributed by atoms with Crippen molar-refractivity contribution < 1.29 is 4.74 Å². The predicted octanol–water partition coefficient (Wildman–Crippen LogP) is 3.48. The molecule has 2 aromatic rings. The summed E-state index contributed by atoms with van der Waals surface area (Å²) in [6, 6.07) is 12.2. The van der Waals surface area contributed by atoms with E-state index in [4.69, 9.17) is 4.74 Å². The summed E-state index contributed by atoms with van der Waals surface area (Å²) in [6.45, 7) is 4.53. The molecule has 2 rings (SSSR count). The van der Waals surface area contributed by atoms with E-state index in [0.29, 0.717) is 12.5 Å². The van der Waals surface area contributed by atoms with Gasteiger partial charge >= 0.3 is 0 Å². The molecule has 0 saturated carbocycles. The van der Waals surface area contributed by atoms with Crippen molar-refractivity contribution >= 4 is 11.8 Å². The Bertz CT molecular complexity index is 502. The first-order chi connectivity index (χ1) is 8.78. The first kappa shape index (κ1) is 12.9. The molecule has 18 heavy (non-hydrogen) atoms. The van der Waals surface area contributed by atoms with E-state index in [0.717, 1.165) is 16.6 Å². The Morgan fingerprint density at radius 1 is 1.17 bits per heavy atom. The van der Waals surface area contributed by atoms with Crippen molar-refractivity contribution in [1.29, 1.82) is 0 Å². The van der Waals surface area contributed by atoms with E-state index < -0.39 is 0 Å². The van der Waals surface area contributed by atoms with Gasteiger partial charge in [0, 0.05) is 17.5 Å². The number of thioether (sulfide) groups is 1. The van der Waals surface area contributed by atoms with Gasteiger partial charge in [-0.05, 0) is 19.4 Å². The maximum atomic E-state index is 5.41. The molecule has 0 N–H and O–H groups in total. The van der Waals surface area contributed by atoms with Gasteiger partial charge in [-0.2, -0.15) is 4.98 Å². The van der Waals surface area contributed by atoms with Crippen molar-refractivity contribution in [3.05, 3.63) is 47.7 Å². The van der Waals surface area contributed by atoms with Crippen molar-refractivity contribution in [3.8, 4) is 5.88 Å². The highest BCUT2D eigenvalue weighted by atomic mass is 32.2. The number of nitrogens with zero attached hydrogens (tertiary/aromatic N) is 2. The third-order valence-corrected chi connectivity index (χ3v) is 3.23. The summed E-state index contributed by atoms with van der Waals surface area (Å²) < 4.78 is 5.41. The van der Waals surface area contributed by atoms with Crippen LogP contribution < -0.4 is 4.74 Å². The molecule has 94 valence electrons. The fraction of sp³-hybridized carbons (Fsp3) is 0.286. The van der Waals surface area contributed by atoms with Crippen LogP contribution in [0.2, 0.25) is 0 Å². The highest BCUT2D eigenvalue weighted by molar-refractivity contribution is 7.98. The lowest BCUT2D eigenvalue weighted by molar-refractivity contribution is 0.322. The minimum Gasteiger partial charge on any atom is -0.478 e. The van der Waals surface area contributed by atoms with Crippen LogP contribution in [0.15, 0.2) is 41.6 Å². The van der Waals surface area contributed by atoms with Crippen molar-refractivity contribution in [3.63, 3.8) is 0 Å². The van der Waals surface area contributed by atoms with Crippen molar-refractivity contribution in [2.75, 3.05) is 6.61 Å². The molecule has 0 aliphatic carbocycles. The topological polar surface area (TPSA) is 35.0 Å². The summed E-state index contributed by atoms with van der Waals surface area (Å²) in [7, 11) is 0. The Morgan fingerprint density at radius 2 is 1.94 bits per heavy atom. The molecule has 4 heteroatoms. The van der Waals surface area contributed by atoms with Crippen LogP contribution in [0.5, 0.6) is 5.88 Å². The van der Waals surface area contributed by atoms with Crippen LogP contribution in [-0.2, 0) is 5.75 Å². The summed E-state index contributed by atoms with van der Waals surface area (Å²) in [5.74, 6) is 1.52. The highest BCUT2D eigenvalue weighted by Gasteiger charge is 2.04. The van der Waals surface area contributed by atoms with Crippen molar-refractivity contribution in [2.24, 2.45) is 0 Å². The first-order valence-corrected chi connectivity index (χ1v) is 6.91. The lowest BCUT2D eigenvalue weighted by Gasteiger charge is -2.06. The maximum absolute atomic E-state index is 5.41. The Hall–Kier alpha value is -1.55. The highest BCUT2D eigenvalue weighted by Crippen LogP contribution is 2.21. The molecule has 1 aromatic carbocycles. The average molecular weight is 260 g/mol. The van der Waals surface area contributed by atoms with Crippen molar-refractivity contribution in [2.45, 2.75) is 24.8 Å².